The van der Waals surface area contributed by atoms with E-state index in [1.165, 1.54) is 7.05 Å². The second-order valence-corrected chi connectivity index (χ2v) is 5.43. The van der Waals surface area contributed by atoms with Gasteiger partial charge in [0.1, 0.15) is 17.9 Å². The number of hydrogen-bond acceptors (Lipinski definition) is 8. The number of halogens is 6. The van der Waals surface area contributed by atoms with Gasteiger partial charge < -0.3 is 26.1 Å². The van der Waals surface area contributed by atoms with Gasteiger partial charge >= 0.3 is 12.5 Å². The summed E-state index contributed by atoms with van der Waals surface area (Å²) in [5.74, 6) is -1.55. The van der Waals surface area contributed by atoms with Crippen molar-refractivity contribution in [3.63, 3.8) is 0 Å². The summed E-state index contributed by atoms with van der Waals surface area (Å²) in [4.78, 5) is 7.25. The molecule has 0 fully saturated rings. The van der Waals surface area contributed by atoms with Gasteiger partial charge in [-0.25, -0.2) is 4.98 Å². The molecule has 2 aromatic rings. The standard InChI is InChI=1S/C16H13F6N7O/c1-25-13-9(15(17,18)19)7-27-14(29-13)28-10-2-3-11(30-16(20,21)22)12(8(10)6-24)26-5-4-23/h2-3,6-7,24,26H,5H2,1H3,(H2,25,27,28,29). The van der Waals surface area contributed by atoms with Crippen molar-refractivity contribution in [1.82, 2.24) is 9.97 Å². The predicted octanol–water partition coefficient (Wildman–Crippen LogP) is 4.11. The number of nitrogens with zero attached hydrogens (tertiary/aromatic N) is 3. The summed E-state index contributed by atoms with van der Waals surface area (Å²) in [6.45, 7) is -0.404. The molecule has 0 atom stereocenters. The van der Waals surface area contributed by atoms with Crippen LogP contribution in [0.15, 0.2) is 18.3 Å². The molecule has 0 radical (unpaired) electrons. The Kier molecular flexibility index (Phi) is 6.55. The minimum atomic E-state index is -5.03. The molecule has 0 aliphatic carbocycles. The van der Waals surface area contributed by atoms with Gasteiger partial charge in [0.15, 0.2) is 5.75 Å². The fourth-order valence-electron chi connectivity index (χ4n) is 2.34. The number of aromatic nitrogens is 2. The normalized spacial score (nSPS) is 11.4. The van der Waals surface area contributed by atoms with Gasteiger partial charge in [-0.2, -0.15) is 23.4 Å². The molecular formula is C16H13F6N7O. The first-order valence-electron chi connectivity index (χ1n) is 7.93. The average molecular weight is 433 g/mol. The molecule has 0 saturated heterocycles. The molecule has 8 nitrogen and oxygen atoms in total. The van der Waals surface area contributed by atoms with Gasteiger partial charge in [0.2, 0.25) is 5.95 Å². The quantitative estimate of drug-likeness (QED) is 0.295. The summed E-state index contributed by atoms with van der Waals surface area (Å²) < 4.78 is 80.7. The van der Waals surface area contributed by atoms with Crippen molar-refractivity contribution < 1.29 is 31.1 Å². The Labute approximate surface area is 165 Å². The van der Waals surface area contributed by atoms with Crippen molar-refractivity contribution in [3.05, 3.63) is 29.5 Å². The molecule has 0 unspecified atom stereocenters. The van der Waals surface area contributed by atoms with Crippen molar-refractivity contribution in [3.8, 4) is 11.8 Å². The van der Waals surface area contributed by atoms with Crippen LogP contribution in [0.4, 0.5) is 49.5 Å². The Balaban J connectivity index is 2.49. The van der Waals surface area contributed by atoms with Crippen LogP contribution in [0.5, 0.6) is 5.75 Å². The number of rotatable bonds is 7. The monoisotopic (exact) mass is 433 g/mol. The second-order valence-electron chi connectivity index (χ2n) is 5.43. The number of nitrogens with one attached hydrogen (secondary N) is 4. The number of alkyl halides is 6. The van der Waals surface area contributed by atoms with Gasteiger partial charge in [-0.05, 0) is 12.1 Å². The van der Waals surface area contributed by atoms with Gasteiger partial charge in [-0.3, -0.25) is 0 Å². The van der Waals surface area contributed by atoms with E-state index >= 15 is 0 Å². The highest BCUT2D eigenvalue weighted by molar-refractivity contribution is 5.96. The number of nitriles is 1. The van der Waals surface area contributed by atoms with Crippen molar-refractivity contribution in [2.24, 2.45) is 0 Å². The molecule has 0 aliphatic heterocycles. The van der Waals surface area contributed by atoms with E-state index in [4.69, 9.17) is 10.7 Å². The fraction of sp³-hybridized carbons (Fsp3) is 0.250. The first-order chi connectivity index (χ1) is 14.0. The number of hydrogen-bond donors (Lipinski definition) is 4. The Morgan fingerprint density at radius 3 is 2.47 bits per heavy atom. The van der Waals surface area contributed by atoms with Crippen LogP contribution in [-0.4, -0.2) is 36.1 Å². The lowest BCUT2D eigenvalue weighted by Crippen LogP contribution is -2.19. The molecule has 0 bridgehead atoms. The van der Waals surface area contributed by atoms with Crippen LogP contribution < -0.4 is 20.7 Å². The number of benzene rings is 1. The first-order valence-corrected chi connectivity index (χ1v) is 7.93. The zero-order valence-corrected chi connectivity index (χ0v) is 15.0. The van der Waals surface area contributed by atoms with Gasteiger partial charge in [-0.15, -0.1) is 13.2 Å². The van der Waals surface area contributed by atoms with Crippen LogP contribution in [0.25, 0.3) is 0 Å². The van der Waals surface area contributed by atoms with Gasteiger partial charge in [0, 0.05) is 25.0 Å². The van der Waals surface area contributed by atoms with E-state index in [0.29, 0.717) is 12.4 Å². The molecule has 0 spiro atoms. The fourth-order valence-corrected chi connectivity index (χ4v) is 2.34. The minimum Gasteiger partial charge on any atom is -0.404 e. The van der Waals surface area contributed by atoms with Crippen LogP contribution in [0.2, 0.25) is 0 Å². The van der Waals surface area contributed by atoms with Gasteiger partial charge in [0.25, 0.3) is 0 Å². The maximum absolute atomic E-state index is 13.0. The smallest absolute Gasteiger partial charge is 0.404 e. The summed E-state index contributed by atoms with van der Waals surface area (Å²) in [6, 6.07) is 3.68. The second kappa shape index (κ2) is 8.72. The third-order valence-corrected chi connectivity index (χ3v) is 3.50. The lowest BCUT2D eigenvalue weighted by atomic mass is 10.1. The molecule has 1 aromatic carbocycles. The van der Waals surface area contributed by atoms with Crippen LogP contribution >= 0.6 is 0 Å². The van der Waals surface area contributed by atoms with Gasteiger partial charge in [0.05, 0.1) is 17.4 Å². The third kappa shape index (κ3) is 5.40. The van der Waals surface area contributed by atoms with Crippen LogP contribution in [0.3, 0.4) is 0 Å². The predicted molar refractivity (Wildman–Crippen MR) is 95.0 cm³/mol. The van der Waals surface area contributed by atoms with Crippen molar-refractivity contribution in [2.75, 3.05) is 29.5 Å². The van der Waals surface area contributed by atoms with Crippen LogP contribution in [0.1, 0.15) is 11.1 Å². The lowest BCUT2D eigenvalue weighted by Gasteiger charge is -2.19. The molecule has 0 amide bonds. The highest BCUT2D eigenvalue weighted by Gasteiger charge is 2.35. The Hall–Kier alpha value is -3.76. The van der Waals surface area contributed by atoms with E-state index in [-0.39, 0.29) is 22.9 Å². The molecule has 2 rings (SSSR count). The average Bonchev–Trinajstić information content (AvgIpc) is 2.65. The van der Waals surface area contributed by atoms with E-state index in [2.05, 4.69) is 30.7 Å². The van der Waals surface area contributed by atoms with E-state index < -0.39 is 36.2 Å². The maximum Gasteiger partial charge on any atom is 0.573 e. The Morgan fingerprint density at radius 1 is 1.23 bits per heavy atom. The summed E-state index contributed by atoms with van der Waals surface area (Å²) in [6.07, 6.45) is -8.53. The largest absolute Gasteiger partial charge is 0.573 e. The molecule has 1 aromatic heterocycles. The summed E-state index contributed by atoms with van der Waals surface area (Å²) >= 11 is 0. The Bertz CT molecular complexity index is 968. The van der Waals surface area contributed by atoms with E-state index in [1.54, 1.807) is 6.07 Å². The van der Waals surface area contributed by atoms with E-state index in [0.717, 1.165) is 12.1 Å². The summed E-state index contributed by atoms with van der Waals surface area (Å²) in [7, 11) is 1.22. The molecule has 30 heavy (non-hydrogen) atoms. The van der Waals surface area contributed by atoms with E-state index in [9.17, 15) is 26.3 Å². The third-order valence-electron chi connectivity index (χ3n) is 3.50. The summed E-state index contributed by atoms with van der Waals surface area (Å²) in [5.41, 5.74) is -1.62. The lowest BCUT2D eigenvalue weighted by molar-refractivity contribution is -0.274. The molecule has 160 valence electrons. The molecular weight excluding hydrogens is 420 g/mol. The topological polar surface area (TPSA) is 119 Å². The number of ether oxygens (including phenoxy) is 1. The first kappa shape index (κ1) is 22.5. The van der Waals surface area contributed by atoms with Crippen LogP contribution in [-0.2, 0) is 6.18 Å². The van der Waals surface area contributed by atoms with Crippen molar-refractivity contribution >= 4 is 29.4 Å². The van der Waals surface area contributed by atoms with Crippen LogP contribution in [0, 0.1) is 16.7 Å². The SMILES string of the molecule is CNc1nc(Nc2ccc(OC(F)(F)F)c(NCC#N)c2C=N)ncc1C(F)(F)F. The highest BCUT2D eigenvalue weighted by atomic mass is 19.4. The van der Waals surface area contributed by atoms with Gasteiger partial charge in [-0.1, -0.05) is 0 Å². The molecule has 0 aliphatic rings. The highest BCUT2D eigenvalue weighted by Crippen LogP contribution is 2.38. The molecule has 14 heteroatoms. The molecule has 0 saturated carbocycles. The zero-order valence-electron chi connectivity index (χ0n) is 15.0. The molecule has 1 heterocycles. The Morgan fingerprint density at radius 2 is 1.93 bits per heavy atom. The number of anilines is 4. The minimum absolute atomic E-state index is 0.0122. The summed E-state index contributed by atoms with van der Waals surface area (Å²) in [5, 5.41) is 23.5. The van der Waals surface area contributed by atoms with Crippen molar-refractivity contribution in [1.29, 1.82) is 10.7 Å². The van der Waals surface area contributed by atoms with E-state index in [1.807, 2.05) is 0 Å². The molecule has 4 N–H and O–H groups in total. The zero-order chi connectivity index (χ0) is 22.5. The maximum atomic E-state index is 13.0. The van der Waals surface area contributed by atoms with Crippen molar-refractivity contribution in [2.45, 2.75) is 12.5 Å².